The molecule has 2 N–H and O–H groups in total. The van der Waals surface area contributed by atoms with Gasteiger partial charge in [-0.2, -0.15) is 10.1 Å². The molecule has 0 fully saturated rings. The number of halogens is 1. The van der Waals surface area contributed by atoms with E-state index in [4.69, 9.17) is 11.6 Å². The highest BCUT2D eigenvalue weighted by Crippen LogP contribution is 2.21. The molecular formula is C17H16ClN5. The summed E-state index contributed by atoms with van der Waals surface area (Å²) in [5, 5.41) is 15.0. The van der Waals surface area contributed by atoms with Crippen molar-refractivity contribution in [2.45, 2.75) is 13.3 Å². The lowest BCUT2D eigenvalue weighted by Gasteiger charge is -2.10. The van der Waals surface area contributed by atoms with Crippen molar-refractivity contribution >= 4 is 34.7 Å². The fourth-order valence-corrected chi connectivity index (χ4v) is 2.39. The summed E-state index contributed by atoms with van der Waals surface area (Å²) in [5.74, 6) is 1.04. The standard InChI is InChI=1S/C17H16ClN5/c1-2-12-6-3-4-9-15(12)21-16-11-19-23-17(22-16)20-14-8-5-7-13(18)10-14/h3-11H,2H2,1H3,(H2,20,21,22,23). The molecule has 0 aliphatic rings. The number of nitrogens with one attached hydrogen (secondary N) is 2. The van der Waals surface area contributed by atoms with Crippen LogP contribution in [0.4, 0.5) is 23.1 Å². The normalized spacial score (nSPS) is 10.3. The Hall–Kier alpha value is -2.66. The van der Waals surface area contributed by atoms with Crippen molar-refractivity contribution in [2.75, 3.05) is 10.6 Å². The molecule has 0 bridgehead atoms. The van der Waals surface area contributed by atoms with Gasteiger partial charge in [0.15, 0.2) is 5.82 Å². The molecule has 23 heavy (non-hydrogen) atoms. The minimum Gasteiger partial charge on any atom is -0.339 e. The lowest BCUT2D eigenvalue weighted by atomic mass is 10.1. The quantitative estimate of drug-likeness (QED) is 0.719. The van der Waals surface area contributed by atoms with E-state index >= 15 is 0 Å². The molecule has 0 aliphatic carbocycles. The van der Waals surface area contributed by atoms with Gasteiger partial charge in [-0.05, 0) is 36.2 Å². The minimum atomic E-state index is 0.409. The monoisotopic (exact) mass is 325 g/mol. The summed E-state index contributed by atoms with van der Waals surface area (Å²) in [6, 6.07) is 15.5. The number of aromatic nitrogens is 3. The van der Waals surface area contributed by atoms with Crippen LogP contribution in [0.1, 0.15) is 12.5 Å². The van der Waals surface area contributed by atoms with Gasteiger partial charge in [0.2, 0.25) is 5.95 Å². The minimum absolute atomic E-state index is 0.409. The van der Waals surface area contributed by atoms with Crippen molar-refractivity contribution in [3.05, 3.63) is 65.3 Å². The first-order valence-electron chi connectivity index (χ1n) is 7.32. The number of hydrogen-bond donors (Lipinski definition) is 2. The second kappa shape index (κ2) is 7.07. The molecule has 5 nitrogen and oxygen atoms in total. The average Bonchev–Trinajstić information content (AvgIpc) is 2.56. The van der Waals surface area contributed by atoms with Crippen LogP contribution in [0.5, 0.6) is 0 Å². The summed E-state index contributed by atoms with van der Waals surface area (Å²) in [6.07, 6.45) is 2.53. The smallest absolute Gasteiger partial charge is 0.249 e. The molecule has 0 spiro atoms. The fraction of sp³-hybridized carbons (Fsp3) is 0.118. The van der Waals surface area contributed by atoms with Crippen molar-refractivity contribution in [3.63, 3.8) is 0 Å². The van der Waals surface area contributed by atoms with Gasteiger partial charge in [0, 0.05) is 16.4 Å². The van der Waals surface area contributed by atoms with E-state index in [0.29, 0.717) is 16.8 Å². The third-order valence-corrected chi connectivity index (χ3v) is 3.54. The van der Waals surface area contributed by atoms with E-state index in [1.165, 1.54) is 5.56 Å². The van der Waals surface area contributed by atoms with E-state index < -0.39 is 0 Å². The summed E-state index contributed by atoms with van der Waals surface area (Å²) in [4.78, 5) is 4.43. The molecule has 3 rings (SSSR count). The molecule has 0 atom stereocenters. The molecule has 0 radical (unpaired) electrons. The number of hydrogen-bond acceptors (Lipinski definition) is 5. The Morgan fingerprint density at radius 2 is 1.91 bits per heavy atom. The Balaban J connectivity index is 1.80. The Bertz CT molecular complexity index is 806. The Labute approximate surface area is 139 Å². The highest BCUT2D eigenvalue weighted by Gasteiger charge is 2.04. The molecule has 2 aromatic carbocycles. The number of para-hydroxylation sites is 1. The van der Waals surface area contributed by atoms with Crippen molar-refractivity contribution in [1.82, 2.24) is 15.2 Å². The van der Waals surface area contributed by atoms with Gasteiger partial charge in [0.25, 0.3) is 0 Å². The number of benzene rings is 2. The van der Waals surface area contributed by atoms with Crippen LogP contribution >= 0.6 is 11.6 Å². The third-order valence-electron chi connectivity index (χ3n) is 3.30. The maximum absolute atomic E-state index is 5.97. The summed E-state index contributed by atoms with van der Waals surface area (Å²) in [6.45, 7) is 2.12. The van der Waals surface area contributed by atoms with E-state index in [0.717, 1.165) is 17.8 Å². The van der Waals surface area contributed by atoms with Crippen molar-refractivity contribution in [2.24, 2.45) is 0 Å². The number of rotatable bonds is 5. The molecule has 1 heterocycles. The van der Waals surface area contributed by atoms with Gasteiger partial charge < -0.3 is 10.6 Å². The average molecular weight is 326 g/mol. The van der Waals surface area contributed by atoms with Gasteiger partial charge >= 0.3 is 0 Å². The molecule has 0 saturated carbocycles. The highest BCUT2D eigenvalue weighted by atomic mass is 35.5. The lowest BCUT2D eigenvalue weighted by Crippen LogP contribution is -2.03. The Morgan fingerprint density at radius 3 is 2.74 bits per heavy atom. The topological polar surface area (TPSA) is 62.7 Å². The third kappa shape index (κ3) is 3.96. The van der Waals surface area contributed by atoms with Crippen LogP contribution in [0, 0.1) is 0 Å². The zero-order valence-corrected chi connectivity index (χ0v) is 13.4. The summed E-state index contributed by atoms with van der Waals surface area (Å²) < 4.78 is 0. The zero-order valence-electron chi connectivity index (χ0n) is 12.6. The number of nitrogens with zero attached hydrogens (tertiary/aromatic N) is 3. The Kier molecular flexibility index (Phi) is 4.68. The van der Waals surface area contributed by atoms with Crippen LogP contribution in [0.3, 0.4) is 0 Å². The molecule has 0 aliphatic heterocycles. The molecule has 0 amide bonds. The van der Waals surface area contributed by atoms with Crippen molar-refractivity contribution in [3.8, 4) is 0 Å². The zero-order chi connectivity index (χ0) is 16.1. The van der Waals surface area contributed by atoms with Gasteiger partial charge in [-0.1, -0.05) is 42.8 Å². The van der Waals surface area contributed by atoms with E-state index in [2.05, 4.69) is 38.8 Å². The maximum atomic E-state index is 5.97. The van der Waals surface area contributed by atoms with Gasteiger partial charge in [0.1, 0.15) is 0 Å². The first-order valence-corrected chi connectivity index (χ1v) is 7.69. The Morgan fingerprint density at radius 1 is 1.04 bits per heavy atom. The van der Waals surface area contributed by atoms with E-state index in [1.807, 2.05) is 36.4 Å². The first kappa shape index (κ1) is 15.2. The van der Waals surface area contributed by atoms with Crippen molar-refractivity contribution < 1.29 is 0 Å². The van der Waals surface area contributed by atoms with Crippen LogP contribution in [0.25, 0.3) is 0 Å². The van der Waals surface area contributed by atoms with E-state index in [9.17, 15) is 0 Å². The predicted octanol–water partition coefficient (Wildman–Crippen LogP) is 4.57. The van der Waals surface area contributed by atoms with Crippen LogP contribution in [0.2, 0.25) is 5.02 Å². The van der Waals surface area contributed by atoms with Crippen LogP contribution in [-0.2, 0) is 6.42 Å². The first-order chi connectivity index (χ1) is 11.2. The summed E-state index contributed by atoms with van der Waals surface area (Å²) in [7, 11) is 0. The molecule has 1 aromatic heterocycles. The van der Waals surface area contributed by atoms with Gasteiger partial charge in [-0.3, -0.25) is 0 Å². The lowest BCUT2D eigenvalue weighted by molar-refractivity contribution is 0.981. The van der Waals surface area contributed by atoms with E-state index in [-0.39, 0.29) is 0 Å². The second-order valence-electron chi connectivity index (χ2n) is 4.94. The second-order valence-corrected chi connectivity index (χ2v) is 5.37. The van der Waals surface area contributed by atoms with Crippen LogP contribution in [-0.4, -0.2) is 15.2 Å². The van der Waals surface area contributed by atoms with Gasteiger partial charge in [-0.25, -0.2) is 0 Å². The molecule has 0 saturated heterocycles. The number of aryl methyl sites for hydroxylation is 1. The molecule has 6 heteroatoms. The summed E-state index contributed by atoms with van der Waals surface area (Å²) >= 11 is 5.97. The van der Waals surface area contributed by atoms with Crippen LogP contribution in [0.15, 0.2) is 54.7 Å². The van der Waals surface area contributed by atoms with Gasteiger partial charge in [0.05, 0.1) is 6.20 Å². The highest BCUT2D eigenvalue weighted by molar-refractivity contribution is 6.30. The fourth-order valence-electron chi connectivity index (χ4n) is 2.20. The SMILES string of the molecule is CCc1ccccc1Nc1cnnc(Nc2cccc(Cl)c2)n1. The largest absolute Gasteiger partial charge is 0.339 e. The molecule has 116 valence electrons. The van der Waals surface area contributed by atoms with E-state index in [1.54, 1.807) is 12.3 Å². The molecular weight excluding hydrogens is 310 g/mol. The van der Waals surface area contributed by atoms with Gasteiger partial charge in [-0.15, -0.1) is 5.10 Å². The van der Waals surface area contributed by atoms with Crippen molar-refractivity contribution in [1.29, 1.82) is 0 Å². The van der Waals surface area contributed by atoms with Crippen LogP contribution < -0.4 is 10.6 Å². The molecule has 3 aromatic rings. The number of anilines is 4. The molecule has 0 unspecified atom stereocenters. The maximum Gasteiger partial charge on any atom is 0.249 e. The summed E-state index contributed by atoms with van der Waals surface area (Å²) in [5.41, 5.74) is 3.05. The predicted molar refractivity (Wildman–Crippen MR) is 93.7 cm³/mol.